The maximum absolute atomic E-state index is 13.7. The Kier molecular flexibility index (Phi) is 30.2. The molecular weight excluding hydrogens is 1030 g/mol. The van der Waals surface area contributed by atoms with Crippen LogP contribution in [0.4, 0.5) is 5.13 Å². The average Bonchev–Trinajstić information content (AvgIpc) is 3.80. The van der Waals surface area contributed by atoms with Crippen molar-refractivity contribution >= 4 is 52.5 Å². The van der Waals surface area contributed by atoms with Crippen LogP contribution in [0.5, 0.6) is 11.5 Å². The minimum atomic E-state index is -0.438. The van der Waals surface area contributed by atoms with Crippen molar-refractivity contribution in [3.63, 3.8) is 0 Å². The van der Waals surface area contributed by atoms with E-state index in [0.717, 1.165) is 92.1 Å². The second-order valence-corrected chi connectivity index (χ2v) is 20.5. The van der Waals surface area contributed by atoms with E-state index in [9.17, 15) is 24.0 Å². The first-order chi connectivity index (χ1) is 38.2. The molecule has 4 rings (SSSR count). The van der Waals surface area contributed by atoms with Crippen LogP contribution < -0.4 is 14.5 Å². The zero-order valence-electron chi connectivity index (χ0n) is 47.0. The number of aromatic nitrogens is 1. The van der Waals surface area contributed by atoms with Crippen molar-refractivity contribution in [2.75, 3.05) is 44.6 Å². The molecule has 0 N–H and O–H groups in total. The zero-order chi connectivity index (χ0) is 57.2. The Bertz CT molecular complexity index is 2430. The van der Waals surface area contributed by atoms with E-state index in [1.807, 2.05) is 44.9 Å². The average molecular weight is 1110 g/mol. The van der Waals surface area contributed by atoms with Gasteiger partial charge in [0.05, 0.1) is 56.5 Å². The highest BCUT2D eigenvalue weighted by Gasteiger charge is 2.33. The topological polar surface area (TPSA) is 188 Å². The fraction of sp³-hybridized carbons (Fsp3) is 0.500. The summed E-state index contributed by atoms with van der Waals surface area (Å²) in [5, 5.41) is 7.24. The van der Waals surface area contributed by atoms with Crippen molar-refractivity contribution < 1.29 is 61.9 Å². The van der Waals surface area contributed by atoms with Gasteiger partial charge >= 0.3 is 29.8 Å². The lowest BCUT2D eigenvalue weighted by Gasteiger charge is -2.27. The quantitative estimate of drug-likeness (QED) is 0.00721. The monoisotopic (exact) mass is 1110 g/mol. The predicted molar refractivity (Wildman–Crippen MR) is 308 cm³/mol. The summed E-state index contributed by atoms with van der Waals surface area (Å²) in [7, 11) is 0. The number of rotatable bonds is 36. The third kappa shape index (κ3) is 25.6. The molecule has 79 heavy (non-hydrogen) atoms. The highest BCUT2D eigenvalue weighted by Crippen LogP contribution is 2.33. The van der Waals surface area contributed by atoms with Crippen LogP contribution >= 0.6 is 11.3 Å². The first-order valence-corrected chi connectivity index (χ1v) is 28.6. The minimum Gasteiger partial charge on any atom is -0.494 e. The number of carbonyl (C=O) groups is 5. The molecule has 0 amide bonds. The molecule has 0 bridgehead atoms. The number of hydrazone groups is 1. The molecule has 430 valence electrons. The standard InChI is InChI=1S/C62H83N3O13S/c1-9-53(33-23-45(5)71-40-17-13-15-19-42-73-57(66)10-2)75-44-49-25-27-50(28-26-49)60(69)77-55(22-21-39-63-65(12-4)62-64-47(7)48(8)79-62)34-24-46(6)76-59(68)51-29-31-52(32-30-51)61(70)78-56-37-35-54(36-38-56)72-41-18-14-16-20-43-74-58(67)11-3/h9-11,22-24,33-39,49-52H,2-3,5-6,12-21,25-32,40-44H2,1,4,7-8H3/b33-23-,34-24-,53-9+,55-22+,63-39+. The molecule has 2 saturated carbocycles. The van der Waals surface area contributed by atoms with Gasteiger partial charge in [0.15, 0.2) is 0 Å². The van der Waals surface area contributed by atoms with Gasteiger partial charge in [-0.2, -0.15) is 5.10 Å². The van der Waals surface area contributed by atoms with Crippen LogP contribution in [0.3, 0.4) is 0 Å². The summed E-state index contributed by atoms with van der Waals surface area (Å²) in [6.07, 6.45) is 26.5. The number of carbonyl (C=O) groups excluding carboxylic acids is 5. The van der Waals surface area contributed by atoms with Gasteiger partial charge in [0.25, 0.3) is 0 Å². The number of nitrogens with zero attached hydrogens (tertiary/aromatic N) is 3. The van der Waals surface area contributed by atoms with Crippen molar-refractivity contribution in [3.05, 3.63) is 133 Å². The van der Waals surface area contributed by atoms with Crippen molar-refractivity contribution in [3.8, 4) is 11.5 Å². The van der Waals surface area contributed by atoms with Crippen molar-refractivity contribution in [2.45, 2.75) is 137 Å². The van der Waals surface area contributed by atoms with Crippen LogP contribution in [0.15, 0.2) is 127 Å². The lowest BCUT2D eigenvalue weighted by atomic mass is 9.82. The molecule has 2 aromatic rings. The summed E-state index contributed by atoms with van der Waals surface area (Å²) in [4.78, 5) is 68.1. The van der Waals surface area contributed by atoms with Gasteiger partial charge in [-0.05, 0) is 197 Å². The molecule has 0 unspecified atom stereocenters. The highest BCUT2D eigenvalue weighted by atomic mass is 32.1. The SMILES string of the molecule is C=CC(=O)OCCCCCCOC(=C)/C=C\C(=C/C)OCC1CCC(C(=O)OC(/C=C\C(=C)OC(=O)C2CCC(C(=O)Oc3ccc(OCCCCCCOC(=O)C=C)cc3)CC2)=C/C/C=N/N(CC)c2nc(C)c(C)s2)CC1. The summed E-state index contributed by atoms with van der Waals surface area (Å²) in [5.74, 6) is -0.0500. The van der Waals surface area contributed by atoms with Gasteiger partial charge in [0.2, 0.25) is 5.13 Å². The van der Waals surface area contributed by atoms with Crippen LogP contribution in [0.1, 0.15) is 134 Å². The third-order valence-electron chi connectivity index (χ3n) is 13.3. The summed E-state index contributed by atoms with van der Waals surface area (Å²) in [6.45, 7) is 25.6. The number of esters is 5. The summed E-state index contributed by atoms with van der Waals surface area (Å²) in [6, 6.07) is 6.93. The fourth-order valence-electron chi connectivity index (χ4n) is 8.48. The smallest absolute Gasteiger partial charge is 0.330 e. The number of anilines is 1. The summed E-state index contributed by atoms with van der Waals surface area (Å²) < 4.78 is 45.1. The van der Waals surface area contributed by atoms with Crippen LogP contribution in [0.2, 0.25) is 0 Å². The van der Waals surface area contributed by atoms with Gasteiger partial charge < -0.3 is 37.9 Å². The van der Waals surface area contributed by atoms with E-state index in [2.05, 4.69) is 36.4 Å². The van der Waals surface area contributed by atoms with E-state index < -0.39 is 23.8 Å². The Hall–Kier alpha value is -7.01. The lowest BCUT2D eigenvalue weighted by molar-refractivity contribution is -0.148. The molecular formula is C62H83N3O13S. The van der Waals surface area contributed by atoms with Gasteiger partial charge in [-0.1, -0.05) is 26.3 Å². The van der Waals surface area contributed by atoms with E-state index in [0.29, 0.717) is 108 Å². The van der Waals surface area contributed by atoms with Gasteiger partial charge in [0.1, 0.15) is 34.5 Å². The number of unbranched alkanes of at least 4 members (excludes halogenated alkanes) is 6. The molecule has 0 aliphatic heterocycles. The Labute approximate surface area is 472 Å². The van der Waals surface area contributed by atoms with E-state index in [-0.39, 0.29) is 41.2 Å². The molecule has 0 atom stereocenters. The maximum atomic E-state index is 13.7. The lowest BCUT2D eigenvalue weighted by Crippen LogP contribution is -2.29. The Balaban J connectivity index is 1.22. The number of hydrogen-bond donors (Lipinski definition) is 0. The Morgan fingerprint density at radius 3 is 1.72 bits per heavy atom. The second kappa shape index (κ2) is 37.0. The Morgan fingerprint density at radius 1 is 0.646 bits per heavy atom. The Morgan fingerprint density at radius 2 is 1.16 bits per heavy atom. The van der Waals surface area contributed by atoms with E-state index >= 15 is 0 Å². The number of hydrogen-bond acceptors (Lipinski definition) is 17. The second-order valence-electron chi connectivity index (χ2n) is 19.4. The van der Waals surface area contributed by atoms with Crippen LogP contribution in [-0.4, -0.2) is 80.6 Å². The third-order valence-corrected chi connectivity index (χ3v) is 14.4. The molecule has 1 aromatic heterocycles. The summed E-state index contributed by atoms with van der Waals surface area (Å²) >= 11 is 1.57. The molecule has 1 aromatic carbocycles. The molecule has 0 radical (unpaired) electrons. The number of thiazole rings is 1. The number of aryl methyl sites for hydroxylation is 2. The van der Waals surface area contributed by atoms with Gasteiger partial charge in [-0.15, -0.1) is 11.3 Å². The summed E-state index contributed by atoms with van der Waals surface area (Å²) in [5.41, 5.74) is 0.962. The first-order valence-electron chi connectivity index (χ1n) is 27.8. The van der Waals surface area contributed by atoms with Crippen LogP contribution in [-0.2, 0) is 52.4 Å². The van der Waals surface area contributed by atoms with Crippen molar-refractivity contribution in [2.24, 2.45) is 28.8 Å². The largest absolute Gasteiger partial charge is 0.494 e. The number of allylic oxidation sites excluding steroid dienone is 6. The van der Waals surface area contributed by atoms with Crippen LogP contribution in [0, 0.1) is 37.5 Å². The molecule has 2 aliphatic carbocycles. The highest BCUT2D eigenvalue weighted by molar-refractivity contribution is 7.15. The van der Waals surface area contributed by atoms with Gasteiger partial charge in [-0.25, -0.2) is 19.6 Å². The number of benzene rings is 1. The predicted octanol–water partition coefficient (Wildman–Crippen LogP) is 13.2. The molecule has 17 heteroatoms. The van der Waals surface area contributed by atoms with E-state index in [4.69, 9.17) is 37.9 Å². The molecule has 16 nitrogen and oxygen atoms in total. The molecule has 1 heterocycles. The molecule has 0 saturated heterocycles. The molecule has 0 spiro atoms. The minimum absolute atomic E-state index is 0.0895. The van der Waals surface area contributed by atoms with Gasteiger partial charge in [0, 0.05) is 36.2 Å². The normalized spacial score (nSPS) is 17.7. The fourth-order valence-corrected chi connectivity index (χ4v) is 9.41. The molecule has 2 fully saturated rings. The maximum Gasteiger partial charge on any atom is 0.330 e. The zero-order valence-corrected chi connectivity index (χ0v) is 47.8. The van der Waals surface area contributed by atoms with Gasteiger partial charge in [-0.3, -0.25) is 14.4 Å². The first kappa shape index (κ1) is 64.5. The van der Waals surface area contributed by atoms with Crippen LogP contribution in [0.25, 0.3) is 0 Å². The van der Waals surface area contributed by atoms with E-state index in [1.165, 1.54) is 6.08 Å². The van der Waals surface area contributed by atoms with Crippen molar-refractivity contribution in [1.29, 1.82) is 0 Å². The van der Waals surface area contributed by atoms with E-state index in [1.54, 1.807) is 60.0 Å². The molecule has 2 aliphatic rings. The van der Waals surface area contributed by atoms with Crippen molar-refractivity contribution in [1.82, 2.24) is 4.98 Å². The number of ether oxygens (including phenoxy) is 8.